The topological polar surface area (TPSA) is 63.4 Å². The minimum absolute atomic E-state index is 0.143. The van der Waals surface area contributed by atoms with Crippen LogP contribution in [0.2, 0.25) is 0 Å². The van der Waals surface area contributed by atoms with E-state index < -0.39 is 32.1 Å². The highest BCUT2D eigenvalue weighted by molar-refractivity contribution is 7.89. The Morgan fingerprint density at radius 2 is 2.00 bits per heavy atom. The first kappa shape index (κ1) is 16.3. The average molecular weight is 318 g/mol. The standard InChI is InChI=1S/C14H20F2N2O2S/c1-3-10-5-4-9(2)18(10)21(19,20)13-7-6-12(15)11(8-17)14(13)16/h6-7,9-10H,3-5,8,17H2,1-2H3. The Hall–Kier alpha value is -1.05. The number of hydrogen-bond donors (Lipinski definition) is 1. The zero-order valence-electron chi connectivity index (χ0n) is 12.1. The van der Waals surface area contributed by atoms with Crippen LogP contribution in [0.25, 0.3) is 0 Å². The predicted octanol–water partition coefficient (Wildman–Crippen LogP) is 2.38. The first-order valence-electron chi connectivity index (χ1n) is 7.05. The molecule has 1 aliphatic heterocycles. The molecule has 0 aromatic heterocycles. The Morgan fingerprint density at radius 1 is 1.33 bits per heavy atom. The normalized spacial score (nSPS) is 23.7. The van der Waals surface area contributed by atoms with Gasteiger partial charge in [-0.3, -0.25) is 0 Å². The summed E-state index contributed by atoms with van der Waals surface area (Å²) in [5.41, 5.74) is 4.92. The maximum Gasteiger partial charge on any atom is 0.246 e. The van der Waals surface area contributed by atoms with Gasteiger partial charge >= 0.3 is 0 Å². The number of sulfonamides is 1. The number of benzene rings is 1. The van der Waals surface area contributed by atoms with E-state index in [9.17, 15) is 17.2 Å². The molecule has 0 amide bonds. The second kappa shape index (κ2) is 5.98. The Labute approximate surface area is 124 Å². The molecule has 1 heterocycles. The van der Waals surface area contributed by atoms with Crippen LogP contribution in [0, 0.1) is 11.6 Å². The molecule has 1 aromatic rings. The molecule has 0 saturated carbocycles. The molecule has 1 saturated heterocycles. The fourth-order valence-electron chi connectivity index (χ4n) is 2.94. The summed E-state index contributed by atoms with van der Waals surface area (Å²) in [5.74, 6) is -1.90. The van der Waals surface area contributed by atoms with Gasteiger partial charge in [-0.05, 0) is 38.3 Å². The molecule has 7 heteroatoms. The van der Waals surface area contributed by atoms with Crippen LogP contribution < -0.4 is 5.73 Å². The lowest BCUT2D eigenvalue weighted by molar-refractivity contribution is 0.327. The van der Waals surface area contributed by atoms with E-state index in [4.69, 9.17) is 5.73 Å². The Kier molecular flexibility index (Phi) is 4.65. The molecule has 0 bridgehead atoms. The van der Waals surface area contributed by atoms with E-state index in [2.05, 4.69) is 0 Å². The number of nitrogens with two attached hydrogens (primary N) is 1. The smallest absolute Gasteiger partial charge is 0.246 e. The maximum atomic E-state index is 14.3. The lowest BCUT2D eigenvalue weighted by atomic mass is 10.2. The largest absolute Gasteiger partial charge is 0.326 e. The predicted molar refractivity (Wildman–Crippen MR) is 76.0 cm³/mol. The SMILES string of the molecule is CCC1CCC(C)N1S(=O)(=O)c1ccc(F)c(CN)c1F. The highest BCUT2D eigenvalue weighted by Crippen LogP contribution is 2.34. The van der Waals surface area contributed by atoms with Crippen molar-refractivity contribution in [2.45, 2.75) is 56.6 Å². The van der Waals surface area contributed by atoms with Crippen LogP contribution in [0.15, 0.2) is 17.0 Å². The van der Waals surface area contributed by atoms with E-state index in [0.29, 0.717) is 6.42 Å². The molecule has 1 aliphatic rings. The van der Waals surface area contributed by atoms with Crippen molar-refractivity contribution in [3.63, 3.8) is 0 Å². The van der Waals surface area contributed by atoms with Crippen LogP contribution in [0.1, 0.15) is 38.7 Å². The van der Waals surface area contributed by atoms with Gasteiger partial charge in [0.25, 0.3) is 0 Å². The Balaban J connectivity index is 2.54. The second-order valence-corrected chi connectivity index (χ2v) is 7.18. The summed E-state index contributed by atoms with van der Waals surface area (Å²) >= 11 is 0. The number of nitrogens with zero attached hydrogens (tertiary/aromatic N) is 1. The number of halogens is 2. The first-order chi connectivity index (χ1) is 9.84. The van der Waals surface area contributed by atoms with Gasteiger partial charge < -0.3 is 5.73 Å². The zero-order chi connectivity index (χ0) is 15.8. The summed E-state index contributed by atoms with van der Waals surface area (Å²) < 4.78 is 54.6. The lowest BCUT2D eigenvalue weighted by Gasteiger charge is -2.27. The summed E-state index contributed by atoms with van der Waals surface area (Å²) in [5, 5.41) is 0. The molecule has 2 unspecified atom stereocenters. The van der Waals surface area contributed by atoms with Gasteiger partial charge in [0.2, 0.25) is 10.0 Å². The maximum absolute atomic E-state index is 14.3. The molecule has 1 fully saturated rings. The number of rotatable bonds is 4. The van der Waals surface area contributed by atoms with E-state index in [1.54, 1.807) is 6.92 Å². The van der Waals surface area contributed by atoms with Gasteiger partial charge in [-0.15, -0.1) is 0 Å². The molecule has 2 N–H and O–H groups in total. The summed E-state index contributed by atoms with van der Waals surface area (Å²) in [6.07, 6.45) is 2.16. The molecule has 21 heavy (non-hydrogen) atoms. The summed E-state index contributed by atoms with van der Waals surface area (Å²) in [6, 6.07) is 1.61. The van der Waals surface area contributed by atoms with Crippen LogP contribution in [0.3, 0.4) is 0 Å². The van der Waals surface area contributed by atoms with Gasteiger partial charge in [-0.2, -0.15) is 4.31 Å². The van der Waals surface area contributed by atoms with Crippen molar-refractivity contribution in [3.8, 4) is 0 Å². The molecule has 0 radical (unpaired) electrons. The van der Waals surface area contributed by atoms with Gasteiger partial charge in [-0.1, -0.05) is 6.92 Å². The van der Waals surface area contributed by atoms with Crippen molar-refractivity contribution < 1.29 is 17.2 Å². The van der Waals surface area contributed by atoms with Crippen molar-refractivity contribution in [1.82, 2.24) is 4.31 Å². The van der Waals surface area contributed by atoms with Gasteiger partial charge in [0.05, 0.1) is 0 Å². The Morgan fingerprint density at radius 3 is 2.57 bits per heavy atom. The van der Waals surface area contributed by atoms with E-state index >= 15 is 0 Å². The molecule has 118 valence electrons. The monoisotopic (exact) mass is 318 g/mol. The fourth-order valence-corrected chi connectivity index (χ4v) is 4.98. The van der Waals surface area contributed by atoms with Crippen molar-refractivity contribution >= 4 is 10.0 Å². The molecule has 2 rings (SSSR count). The van der Waals surface area contributed by atoms with Crippen LogP contribution in [0.5, 0.6) is 0 Å². The van der Waals surface area contributed by atoms with Crippen molar-refractivity contribution in [3.05, 3.63) is 29.3 Å². The lowest BCUT2D eigenvalue weighted by Crippen LogP contribution is -2.40. The minimum atomic E-state index is -3.99. The van der Waals surface area contributed by atoms with Crippen molar-refractivity contribution in [1.29, 1.82) is 0 Å². The third-order valence-electron chi connectivity index (χ3n) is 4.09. The van der Waals surface area contributed by atoms with E-state index in [-0.39, 0.29) is 18.6 Å². The molecule has 0 aliphatic carbocycles. The quantitative estimate of drug-likeness (QED) is 0.927. The van der Waals surface area contributed by atoms with E-state index in [0.717, 1.165) is 25.0 Å². The van der Waals surface area contributed by atoms with E-state index in [1.807, 2.05) is 6.92 Å². The van der Waals surface area contributed by atoms with Crippen LogP contribution in [-0.2, 0) is 16.6 Å². The third kappa shape index (κ3) is 2.69. The summed E-state index contributed by atoms with van der Waals surface area (Å²) in [6.45, 7) is 3.32. The van der Waals surface area contributed by atoms with Gasteiger partial charge in [-0.25, -0.2) is 17.2 Å². The van der Waals surface area contributed by atoms with Crippen LogP contribution in [-0.4, -0.2) is 24.8 Å². The molecule has 2 atom stereocenters. The molecule has 1 aromatic carbocycles. The summed E-state index contributed by atoms with van der Waals surface area (Å²) in [4.78, 5) is -0.489. The highest BCUT2D eigenvalue weighted by Gasteiger charge is 2.40. The molecular formula is C14H20F2N2O2S. The highest BCUT2D eigenvalue weighted by atomic mass is 32.2. The molecule has 4 nitrogen and oxygen atoms in total. The number of hydrogen-bond acceptors (Lipinski definition) is 3. The molecular weight excluding hydrogens is 298 g/mol. The third-order valence-corrected chi connectivity index (χ3v) is 6.18. The first-order valence-corrected chi connectivity index (χ1v) is 8.49. The van der Waals surface area contributed by atoms with E-state index in [1.165, 1.54) is 4.31 Å². The van der Waals surface area contributed by atoms with Crippen molar-refractivity contribution in [2.24, 2.45) is 5.73 Å². The van der Waals surface area contributed by atoms with Crippen LogP contribution >= 0.6 is 0 Å². The van der Waals surface area contributed by atoms with Gasteiger partial charge in [0, 0.05) is 24.2 Å². The van der Waals surface area contributed by atoms with Crippen LogP contribution in [0.4, 0.5) is 8.78 Å². The fraction of sp³-hybridized carbons (Fsp3) is 0.571. The molecule has 0 spiro atoms. The Bertz CT molecular complexity index is 634. The second-order valence-electron chi connectivity index (χ2n) is 5.37. The average Bonchev–Trinajstić information content (AvgIpc) is 2.80. The zero-order valence-corrected chi connectivity index (χ0v) is 13.0. The minimum Gasteiger partial charge on any atom is -0.326 e. The summed E-state index contributed by atoms with van der Waals surface area (Å²) in [7, 11) is -3.99. The van der Waals surface area contributed by atoms with Gasteiger partial charge in [0.1, 0.15) is 10.7 Å². The van der Waals surface area contributed by atoms with Gasteiger partial charge in [0.15, 0.2) is 5.82 Å². The van der Waals surface area contributed by atoms with Crippen molar-refractivity contribution in [2.75, 3.05) is 0 Å².